The number of nitrogens with one attached hydrogen (secondary N) is 1. The van der Waals surface area contributed by atoms with Gasteiger partial charge in [0.25, 0.3) is 0 Å². The Morgan fingerprint density at radius 3 is 1.66 bits per heavy atom. The highest BCUT2D eigenvalue weighted by Gasteiger charge is 2.51. The fraction of sp³-hybridized carbons (Fsp3) is 0.0385. The maximum absolute atomic E-state index is 6.57. The molecule has 0 aromatic heterocycles. The molecule has 0 radical (unpaired) electrons. The van der Waals surface area contributed by atoms with Gasteiger partial charge in [0, 0.05) is 22.3 Å². The summed E-state index contributed by atoms with van der Waals surface area (Å²) in [4.78, 5) is 10.5. The summed E-state index contributed by atoms with van der Waals surface area (Å²) >= 11 is 0. The van der Waals surface area contributed by atoms with E-state index in [4.69, 9.17) is 14.7 Å². The molecule has 4 nitrogen and oxygen atoms in total. The third kappa shape index (κ3) is 5.00. The predicted molar refractivity (Wildman–Crippen MR) is 227 cm³/mol. The van der Waals surface area contributed by atoms with Crippen LogP contribution in [0, 0.1) is 0 Å². The molecule has 1 N–H and O–H groups in total. The summed E-state index contributed by atoms with van der Waals surface area (Å²) in [6.07, 6.45) is -0.421. The molecule has 1 spiro atoms. The van der Waals surface area contributed by atoms with E-state index in [9.17, 15) is 0 Å². The molecule has 4 heteroatoms. The van der Waals surface area contributed by atoms with E-state index in [1.54, 1.807) is 0 Å². The molecule has 2 heterocycles. The number of para-hydroxylation sites is 2. The second-order valence-electron chi connectivity index (χ2n) is 14.5. The van der Waals surface area contributed by atoms with E-state index < -0.39 is 11.6 Å². The Hall–Kier alpha value is -7.30. The van der Waals surface area contributed by atoms with Crippen molar-refractivity contribution >= 4 is 11.7 Å². The molecular formula is C52H35N3O. The normalized spacial score (nSPS) is 15.6. The summed E-state index contributed by atoms with van der Waals surface area (Å²) in [6.45, 7) is 0. The Kier molecular flexibility index (Phi) is 7.42. The van der Waals surface area contributed by atoms with Gasteiger partial charge in [-0.3, -0.25) is 0 Å². The van der Waals surface area contributed by atoms with Crippen molar-refractivity contribution in [1.29, 1.82) is 0 Å². The Labute approximate surface area is 326 Å². The van der Waals surface area contributed by atoms with Gasteiger partial charge in [-0.15, -0.1) is 0 Å². The maximum atomic E-state index is 6.57. The van der Waals surface area contributed by atoms with Crippen LogP contribution in [0.2, 0.25) is 0 Å². The van der Waals surface area contributed by atoms with Crippen molar-refractivity contribution in [3.05, 3.63) is 239 Å². The van der Waals surface area contributed by atoms with Crippen LogP contribution in [0.1, 0.15) is 45.1 Å². The molecule has 2 aliphatic heterocycles. The fourth-order valence-corrected chi connectivity index (χ4v) is 8.98. The Balaban J connectivity index is 1.06. The van der Waals surface area contributed by atoms with Gasteiger partial charge in [-0.1, -0.05) is 176 Å². The van der Waals surface area contributed by atoms with Gasteiger partial charge in [0.1, 0.15) is 23.2 Å². The van der Waals surface area contributed by atoms with E-state index in [0.717, 1.165) is 62.1 Å². The number of aliphatic imine (C=N–C) groups is 2. The summed E-state index contributed by atoms with van der Waals surface area (Å²) in [5.41, 5.74) is 14.4. The van der Waals surface area contributed by atoms with Gasteiger partial charge in [0.15, 0.2) is 6.17 Å². The lowest BCUT2D eigenvalue weighted by atomic mass is 9.66. The van der Waals surface area contributed by atoms with Crippen LogP contribution >= 0.6 is 0 Å². The monoisotopic (exact) mass is 717 g/mol. The molecule has 1 unspecified atom stereocenters. The van der Waals surface area contributed by atoms with Crippen molar-refractivity contribution in [2.75, 3.05) is 0 Å². The zero-order chi connectivity index (χ0) is 37.1. The molecule has 0 fully saturated rings. The Morgan fingerprint density at radius 2 is 0.911 bits per heavy atom. The van der Waals surface area contributed by atoms with Crippen LogP contribution in [0.4, 0.5) is 0 Å². The number of rotatable bonds is 5. The van der Waals surface area contributed by atoms with Gasteiger partial charge >= 0.3 is 0 Å². The molecule has 0 saturated carbocycles. The second-order valence-corrected chi connectivity index (χ2v) is 14.5. The largest absolute Gasteiger partial charge is 0.457 e. The van der Waals surface area contributed by atoms with Crippen LogP contribution in [0.3, 0.4) is 0 Å². The molecule has 8 aromatic rings. The lowest BCUT2D eigenvalue weighted by Crippen LogP contribution is -2.36. The van der Waals surface area contributed by atoms with Crippen molar-refractivity contribution < 1.29 is 4.74 Å². The molecule has 11 rings (SSSR count). The number of hydrogen-bond donors (Lipinski definition) is 1. The van der Waals surface area contributed by atoms with Gasteiger partial charge in [-0.25, -0.2) is 9.98 Å². The smallest absolute Gasteiger partial charge is 0.169 e. The first-order chi connectivity index (χ1) is 27.8. The minimum absolute atomic E-state index is 0.421. The van der Waals surface area contributed by atoms with E-state index in [2.05, 4.69) is 181 Å². The van der Waals surface area contributed by atoms with Gasteiger partial charge in [-0.2, -0.15) is 0 Å². The van der Waals surface area contributed by atoms with E-state index >= 15 is 0 Å². The van der Waals surface area contributed by atoms with Gasteiger partial charge < -0.3 is 10.1 Å². The lowest BCUT2D eigenvalue weighted by Gasteiger charge is -2.39. The van der Waals surface area contributed by atoms with Crippen LogP contribution in [0.15, 0.2) is 210 Å². The molecule has 1 aliphatic carbocycles. The molecular weight excluding hydrogens is 683 g/mol. The van der Waals surface area contributed by atoms with Gasteiger partial charge in [-0.05, 0) is 74.3 Å². The summed E-state index contributed by atoms with van der Waals surface area (Å²) < 4.78 is 6.57. The van der Waals surface area contributed by atoms with Crippen molar-refractivity contribution in [1.82, 2.24) is 5.32 Å². The number of nitrogens with zero attached hydrogens (tertiary/aromatic N) is 2. The number of hydrogen-bond acceptors (Lipinski definition) is 4. The highest BCUT2D eigenvalue weighted by molar-refractivity contribution is 6.16. The van der Waals surface area contributed by atoms with Crippen LogP contribution in [-0.2, 0) is 5.41 Å². The number of ether oxygens (including phenoxy) is 1. The Bertz CT molecular complexity index is 2830. The second kappa shape index (κ2) is 12.9. The van der Waals surface area contributed by atoms with Crippen LogP contribution in [-0.4, -0.2) is 11.7 Å². The number of fused-ring (bicyclic) bond motifs is 9. The first-order valence-electron chi connectivity index (χ1n) is 19.1. The van der Waals surface area contributed by atoms with E-state index in [1.165, 1.54) is 33.4 Å². The van der Waals surface area contributed by atoms with Gasteiger partial charge in [0.05, 0.1) is 5.41 Å². The summed E-state index contributed by atoms with van der Waals surface area (Å²) in [5, 5.41) is 3.63. The standard InChI is InChI=1S/C52H35N3O/c1-3-16-34(17-4-1)36-20-13-22-38(32-36)50-53-49(35-18-5-2-6-19-35)54-51(55-50)39-23-14-21-37(33-39)40-25-15-29-45-48(40)41-24-7-8-26-42(41)52(45)43-27-9-11-30-46(43)56-47-31-12-10-28-44(47)52/h1-33,50H,(H,53,54,55). The average Bonchev–Trinajstić information content (AvgIpc) is 3.58. The average molecular weight is 718 g/mol. The fourth-order valence-electron chi connectivity index (χ4n) is 8.98. The van der Waals surface area contributed by atoms with E-state index in [1.807, 2.05) is 24.3 Å². The molecule has 0 saturated heterocycles. The molecule has 1 atom stereocenters. The number of benzene rings is 8. The molecule has 0 amide bonds. The minimum Gasteiger partial charge on any atom is -0.457 e. The third-order valence-electron chi connectivity index (χ3n) is 11.4. The minimum atomic E-state index is -0.525. The quantitative estimate of drug-likeness (QED) is 0.193. The summed E-state index contributed by atoms with van der Waals surface area (Å²) in [5.74, 6) is 3.36. The molecule has 3 aliphatic rings. The van der Waals surface area contributed by atoms with Crippen molar-refractivity contribution in [3.63, 3.8) is 0 Å². The maximum Gasteiger partial charge on any atom is 0.169 e. The van der Waals surface area contributed by atoms with Gasteiger partial charge in [0.2, 0.25) is 0 Å². The topological polar surface area (TPSA) is 46.0 Å². The van der Waals surface area contributed by atoms with Crippen LogP contribution in [0.25, 0.3) is 33.4 Å². The van der Waals surface area contributed by atoms with Crippen LogP contribution in [0.5, 0.6) is 11.5 Å². The zero-order valence-electron chi connectivity index (χ0n) is 30.4. The molecule has 0 bridgehead atoms. The van der Waals surface area contributed by atoms with Crippen molar-refractivity contribution in [3.8, 4) is 44.9 Å². The summed E-state index contributed by atoms with van der Waals surface area (Å²) in [6, 6.07) is 70.8. The first-order valence-corrected chi connectivity index (χ1v) is 19.1. The van der Waals surface area contributed by atoms with E-state index in [-0.39, 0.29) is 0 Å². The summed E-state index contributed by atoms with van der Waals surface area (Å²) in [7, 11) is 0. The van der Waals surface area contributed by atoms with Crippen molar-refractivity contribution in [2.24, 2.45) is 9.98 Å². The third-order valence-corrected chi connectivity index (χ3v) is 11.4. The Morgan fingerprint density at radius 1 is 0.393 bits per heavy atom. The number of amidine groups is 2. The van der Waals surface area contributed by atoms with E-state index in [0.29, 0.717) is 0 Å². The van der Waals surface area contributed by atoms with Crippen LogP contribution < -0.4 is 10.1 Å². The highest BCUT2D eigenvalue weighted by Crippen LogP contribution is 2.63. The predicted octanol–water partition coefficient (Wildman–Crippen LogP) is 12.0. The lowest BCUT2D eigenvalue weighted by molar-refractivity contribution is 0.436. The SMILES string of the molecule is c1ccc(C2=NC(c3cccc(-c4ccccc4)c3)N=C(c3cccc(-c4cccc5c4-c4ccccc4C54c5ccccc5Oc5ccccc54)c3)N2)cc1. The first kappa shape index (κ1) is 32.2. The molecule has 264 valence electrons. The van der Waals surface area contributed by atoms with Crippen molar-refractivity contribution in [2.45, 2.75) is 11.6 Å². The molecule has 8 aromatic carbocycles. The molecule has 56 heavy (non-hydrogen) atoms. The highest BCUT2D eigenvalue weighted by atomic mass is 16.5. The zero-order valence-corrected chi connectivity index (χ0v) is 30.4.